The average Bonchev–Trinajstić information content (AvgIpc) is 2.12. The van der Waals surface area contributed by atoms with E-state index in [0.29, 0.717) is 0 Å². The van der Waals surface area contributed by atoms with Crippen molar-refractivity contribution in [1.29, 1.82) is 0 Å². The Kier molecular flexibility index (Phi) is 2.86. The second kappa shape index (κ2) is 3.18. The van der Waals surface area contributed by atoms with Crippen LogP contribution < -0.4 is 5.73 Å². The van der Waals surface area contributed by atoms with Crippen LogP contribution in [0.1, 0.15) is 10.7 Å². The molecule has 1 rings (SSSR count). The molecule has 1 aromatic rings. The average molecular weight is 194 g/mol. The highest BCUT2D eigenvalue weighted by Crippen LogP contribution is 1.85. The molecule has 2 N–H and O–H groups in total. The molecular formula is C3H4BrN3O2. The van der Waals surface area contributed by atoms with Crippen LogP contribution in [0.2, 0.25) is 0 Å². The van der Waals surface area contributed by atoms with E-state index >= 15 is 0 Å². The van der Waals surface area contributed by atoms with Crippen LogP contribution in [-0.2, 0) is 0 Å². The van der Waals surface area contributed by atoms with Crippen LogP contribution >= 0.6 is 17.0 Å². The number of amides is 1. The van der Waals surface area contributed by atoms with Gasteiger partial charge < -0.3 is 10.3 Å². The largest absolute Gasteiger partial charge is 0.361 e. The Hall–Kier alpha value is -0.910. The lowest BCUT2D eigenvalue weighted by atomic mass is 10.6. The minimum atomic E-state index is -0.706. The fourth-order valence-electron chi connectivity index (χ4n) is 0.282. The third-order valence-corrected chi connectivity index (χ3v) is 0.572. The van der Waals surface area contributed by atoms with E-state index in [-0.39, 0.29) is 22.9 Å². The van der Waals surface area contributed by atoms with Crippen molar-refractivity contribution in [1.82, 2.24) is 10.1 Å². The smallest absolute Gasteiger partial charge is 0.315 e. The summed E-state index contributed by atoms with van der Waals surface area (Å²) in [5.74, 6) is -0.868. The summed E-state index contributed by atoms with van der Waals surface area (Å²) in [5, 5.41) is 3.16. The van der Waals surface area contributed by atoms with Gasteiger partial charge in [-0.1, -0.05) is 5.16 Å². The molecule has 0 aromatic carbocycles. The van der Waals surface area contributed by atoms with Crippen LogP contribution in [0.4, 0.5) is 0 Å². The molecule has 0 saturated heterocycles. The van der Waals surface area contributed by atoms with Gasteiger partial charge in [0.1, 0.15) is 0 Å². The van der Waals surface area contributed by atoms with Crippen LogP contribution in [0.5, 0.6) is 0 Å². The molecular weight excluding hydrogens is 190 g/mol. The molecule has 1 amide bonds. The Balaban J connectivity index is 0.000000640. The molecule has 1 heterocycles. The van der Waals surface area contributed by atoms with Gasteiger partial charge >= 0.3 is 11.8 Å². The highest BCUT2D eigenvalue weighted by Gasteiger charge is 2.03. The Morgan fingerprint density at radius 2 is 2.44 bits per heavy atom. The number of carbonyl (C=O) groups is 1. The van der Waals surface area contributed by atoms with E-state index in [1.807, 2.05) is 0 Å². The van der Waals surface area contributed by atoms with Crippen LogP contribution in [0.3, 0.4) is 0 Å². The van der Waals surface area contributed by atoms with E-state index in [2.05, 4.69) is 14.7 Å². The van der Waals surface area contributed by atoms with Crippen LogP contribution in [0.25, 0.3) is 0 Å². The van der Waals surface area contributed by atoms with Gasteiger partial charge in [-0.15, -0.1) is 17.0 Å². The maximum atomic E-state index is 10.1. The van der Waals surface area contributed by atoms with Crippen molar-refractivity contribution >= 4 is 22.9 Å². The molecule has 50 valence electrons. The van der Waals surface area contributed by atoms with Crippen LogP contribution in [-0.4, -0.2) is 16.0 Å². The number of carbonyl (C=O) groups excluding carboxylic acids is 1. The lowest BCUT2D eigenvalue weighted by molar-refractivity contribution is 0.0958. The predicted molar refractivity (Wildman–Crippen MR) is 33.1 cm³/mol. The minimum absolute atomic E-state index is 0. The van der Waals surface area contributed by atoms with Gasteiger partial charge in [-0.2, -0.15) is 4.98 Å². The highest BCUT2D eigenvalue weighted by atomic mass is 79.9. The first kappa shape index (κ1) is 8.09. The van der Waals surface area contributed by atoms with Gasteiger partial charge in [0.2, 0.25) is 0 Å². The Bertz CT molecular complexity index is 185. The molecule has 0 aliphatic rings. The summed E-state index contributed by atoms with van der Waals surface area (Å²) < 4.78 is 4.26. The summed E-state index contributed by atoms with van der Waals surface area (Å²) in [4.78, 5) is 13.5. The molecule has 0 atom stereocenters. The zero-order chi connectivity index (χ0) is 5.98. The molecule has 1 aromatic heterocycles. The topological polar surface area (TPSA) is 82.0 Å². The summed E-state index contributed by atoms with van der Waals surface area (Å²) in [5.41, 5.74) is 4.72. The lowest BCUT2D eigenvalue weighted by Gasteiger charge is -1.76. The SMILES string of the molecule is Br.NC(=O)c1ncno1. The molecule has 0 aliphatic heterocycles. The number of primary amides is 1. The van der Waals surface area contributed by atoms with Gasteiger partial charge in [0.05, 0.1) is 0 Å². The van der Waals surface area contributed by atoms with Gasteiger partial charge in [0, 0.05) is 0 Å². The monoisotopic (exact) mass is 193 g/mol. The number of aromatic nitrogens is 2. The Morgan fingerprint density at radius 1 is 1.78 bits per heavy atom. The van der Waals surface area contributed by atoms with Gasteiger partial charge in [0.15, 0.2) is 6.33 Å². The summed E-state index contributed by atoms with van der Waals surface area (Å²) in [6.07, 6.45) is 1.11. The fraction of sp³-hybridized carbons (Fsp3) is 0. The first-order valence-electron chi connectivity index (χ1n) is 1.87. The summed E-state index contributed by atoms with van der Waals surface area (Å²) in [6.45, 7) is 0. The first-order chi connectivity index (χ1) is 3.80. The van der Waals surface area contributed by atoms with Crippen molar-refractivity contribution in [2.75, 3.05) is 0 Å². The number of hydrogen-bond donors (Lipinski definition) is 1. The molecule has 9 heavy (non-hydrogen) atoms. The number of hydrogen-bond acceptors (Lipinski definition) is 4. The van der Waals surface area contributed by atoms with Gasteiger partial charge in [0.25, 0.3) is 0 Å². The first-order valence-corrected chi connectivity index (χ1v) is 1.87. The second-order valence-corrected chi connectivity index (χ2v) is 1.11. The molecule has 0 radical (unpaired) electrons. The van der Waals surface area contributed by atoms with E-state index in [4.69, 9.17) is 5.73 Å². The second-order valence-electron chi connectivity index (χ2n) is 1.11. The highest BCUT2D eigenvalue weighted by molar-refractivity contribution is 8.93. The number of nitrogens with two attached hydrogens (primary N) is 1. The lowest BCUT2D eigenvalue weighted by Crippen LogP contribution is -2.10. The van der Waals surface area contributed by atoms with Crippen LogP contribution in [0, 0.1) is 0 Å². The molecule has 6 heteroatoms. The fourth-order valence-corrected chi connectivity index (χ4v) is 0.282. The van der Waals surface area contributed by atoms with Gasteiger partial charge in [-0.05, 0) is 0 Å². The maximum Gasteiger partial charge on any atom is 0.315 e. The van der Waals surface area contributed by atoms with E-state index in [9.17, 15) is 4.79 Å². The van der Waals surface area contributed by atoms with Crippen molar-refractivity contribution < 1.29 is 9.32 Å². The predicted octanol–water partition coefficient (Wildman–Crippen LogP) is -0.254. The summed E-state index contributed by atoms with van der Waals surface area (Å²) in [7, 11) is 0. The normalized spacial score (nSPS) is 8.00. The van der Waals surface area contributed by atoms with Crippen molar-refractivity contribution in [2.45, 2.75) is 0 Å². The Morgan fingerprint density at radius 3 is 2.67 bits per heavy atom. The molecule has 0 saturated carbocycles. The van der Waals surface area contributed by atoms with Gasteiger partial charge in [-0.25, -0.2) is 0 Å². The van der Waals surface area contributed by atoms with Crippen molar-refractivity contribution in [3.05, 3.63) is 12.2 Å². The molecule has 0 bridgehead atoms. The van der Waals surface area contributed by atoms with Crippen LogP contribution in [0.15, 0.2) is 10.9 Å². The van der Waals surface area contributed by atoms with Crippen molar-refractivity contribution in [3.63, 3.8) is 0 Å². The summed E-state index contributed by atoms with van der Waals surface area (Å²) >= 11 is 0. The van der Waals surface area contributed by atoms with E-state index < -0.39 is 5.91 Å². The standard InChI is InChI=1S/C3H3N3O2.BrH/c4-2(7)3-5-1-6-8-3;/h1H,(H2,4,7);1H. The Labute approximate surface area is 61.0 Å². The molecule has 0 fully saturated rings. The van der Waals surface area contributed by atoms with Gasteiger partial charge in [-0.3, -0.25) is 4.79 Å². The molecule has 0 aliphatic carbocycles. The van der Waals surface area contributed by atoms with Crippen molar-refractivity contribution in [2.24, 2.45) is 5.73 Å². The maximum absolute atomic E-state index is 10.1. The number of halogens is 1. The number of nitrogens with zero attached hydrogens (tertiary/aromatic N) is 2. The van der Waals surface area contributed by atoms with E-state index in [0.717, 1.165) is 6.33 Å². The van der Waals surface area contributed by atoms with E-state index in [1.54, 1.807) is 0 Å². The molecule has 0 unspecified atom stereocenters. The summed E-state index contributed by atoms with van der Waals surface area (Å²) in [6, 6.07) is 0. The zero-order valence-electron chi connectivity index (χ0n) is 4.27. The third kappa shape index (κ3) is 1.80. The molecule has 5 nitrogen and oxygen atoms in total. The number of rotatable bonds is 1. The quantitative estimate of drug-likeness (QED) is 0.667. The molecule has 0 spiro atoms. The minimum Gasteiger partial charge on any atom is -0.361 e. The zero-order valence-corrected chi connectivity index (χ0v) is 5.99. The van der Waals surface area contributed by atoms with E-state index in [1.165, 1.54) is 0 Å². The third-order valence-electron chi connectivity index (χ3n) is 0.572. The van der Waals surface area contributed by atoms with Crippen molar-refractivity contribution in [3.8, 4) is 0 Å².